The van der Waals surface area contributed by atoms with E-state index in [2.05, 4.69) is 29.2 Å². The molecule has 1 aromatic heterocycles. The van der Waals surface area contributed by atoms with Gasteiger partial charge in [0.25, 0.3) is 5.91 Å². The number of carbonyl (C=O) groups excluding carboxylic acids is 1. The summed E-state index contributed by atoms with van der Waals surface area (Å²) in [7, 11) is 0. The van der Waals surface area contributed by atoms with E-state index in [9.17, 15) is 4.79 Å². The summed E-state index contributed by atoms with van der Waals surface area (Å²) in [6, 6.07) is 12.9. The lowest BCUT2D eigenvalue weighted by molar-refractivity contribution is 0.102. The van der Waals surface area contributed by atoms with Gasteiger partial charge in [0.1, 0.15) is 17.0 Å². The second-order valence-corrected chi connectivity index (χ2v) is 8.16. The third kappa shape index (κ3) is 5.44. The molecule has 0 atom stereocenters. The van der Waals surface area contributed by atoms with Crippen LogP contribution in [-0.4, -0.2) is 30.7 Å². The lowest BCUT2D eigenvalue weighted by Crippen LogP contribution is -2.21. The van der Waals surface area contributed by atoms with Crippen molar-refractivity contribution in [2.24, 2.45) is 5.73 Å². The van der Waals surface area contributed by atoms with Gasteiger partial charge in [0, 0.05) is 36.4 Å². The Labute approximate surface area is 198 Å². The Morgan fingerprint density at radius 3 is 2.31 bits per heavy atom. The van der Waals surface area contributed by atoms with Crippen molar-refractivity contribution in [3.05, 3.63) is 63.8 Å². The topological polar surface area (TPSA) is 84.4 Å². The van der Waals surface area contributed by atoms with Crippen LogP contribution in [0.3, 0.4) is 0 Å². The van der Waals surface area contributed by atoms with Gasteiger partial charge < -0.3 is 20.5 Å². The van der Waals surface area contributed by atoms with Crippen LogP contribution in [-0.2, 0) is 6.42 Å². The first-order chi connectivity index (χ1) is 15.5. The molecule has 0 spiro atoms. The van der Waals surface area contributed by atoms with Gasteiger partial charge in [-0.2, -0.15) is 0 Å². The number of anilines is 2. The zero-order chi connectivity index (χ0) is 23.1. The van der Waals surface area contributed by atoms with Crippen LogP contribution in [0.25, 0.3) is 11.3 Å². The number of aryl methyl sites for hydroxylation is 1. The summed E-state index contributed by atoms with van der Waals surface area (Å²) in [6.45, 7) is 6.61. The number of unbranched alkanes of at least 4 members (excludes halogenated alkanes) is 1. The molecule has 0 bridgehead atoms. The molecule has 0 radical (unpaired) electrons. The lowest BCUT2D eigenvalue weighted by atomic mass is 10.0. The van der Waals surface area contributed by atoms with Crippen LogP contribution in [0.4, 0.5) is 11.4 Å². The van der Waals surface area contributed by atoms with Gasteiger partial charge in [0.15, 0.2) is 0 Å². The molecule has 8 heteroatoms. The fraction of sp³-hybridized carbons (Fsp3) is 0.333. The second kappa shape index (κ2) is 11.4. The standard InChI is InChI=1S/C24H28Cl2N4O2/c1-3-30(4-2)17-13-11-16(12-14-17)28-24(31)22-20(10-5-6-15-27)32-29-23(22)21-18(25)8-7-9-19(21)26/h7-9,11-14H,3-6,10,15,27H2,1-2H3,(H,28,31). The van der Waals surface area contributed by atoms with Crippen molar-refractivity contribution >= 4 is 40.5 Å². The maximum Gasteiger partial charge on any atom is 0.261 e. The predicted octanol–water partition coefficient (Wildman–Crippen LogP) is 6.03. The highest BCUT2D eigenvalue weighted by Gasteiger charge is 2.26. The monoisotopic (exact) mass is 474 g/mol. The molecule has 0 unspecified atom stereocenters. The summed E-state index contributed by atoms with van der Waals surface area (Å²) in [4.78, 5) is 15.6. The molecule has 32 heavy (non-hydrogen) atoms. The molecule has 0 saturated heterocycles. The van der Waals surface area contributed by atoms with Gasteiger partial charge in [-0.15, -0.1) is 0 Å². The Morgan fingerprint density at radius 2 is 1.72 bits per heavy atom. The minimum atomic E-state index is -0.324. The zero-order valence-electron chi connectivity index (χ0n) is 18.3. The molecule has 3 aromatic rings. The normalized spacial score (nSPS) is 10.9. The maximum absolute atomic E-state index is 13.3. The van der Waals surface area contributed by atoms with E-state index >= 15 is 0 Å². The molecule has 0 aliphatic carbocycles. The summed E-state index contributed by atoms with van der Waals surface area (Å²) >= 11 is 12.8. The molecule has 0 fully saturated rings. The number of amides is 1. The third-order valence-electron chi connectivity index (χ3n) is 5.30. The predicted molar refractivity (Wildman–Crippen MR) is 132 cm³/mol. The van der Waals surface area contributed by atoms with E-state index in [0.717, 1.165) is 31.6 Å². The van der Waals surface area contributed by atoms with Gasteiger partial charge in [-0.25, -0.2) is 0 Å². The van der Waals surface area contributed by atoms with Crippen molar-refractivity contribution in [3.63, 3.8) is 0 Å². The van der Waals surface area contributed by atoms with Gasteiger partial charge in [-0.1, -0.05) is 34.4 Å². The Morgan fingerprint density at radius 1 is 1.06 bits per heavy atom. The lowest BCUT2D eigenvalue weighted by Gasteiger charge is -2.21. The number of hydrogen-bond donors (Lipinski definition) is 2. The average Bonchev–Trinajstić information content (AvgIpc) is 3.19. The second-order valence-electron chi connectivity index (χ2n) is 7.35. The highest BCUT2D eigenvalue weighted by molar-refractivity contribution is 6.39. The first kappa shape index (κ1) is 24.1. The van der Waals surface area contributed by atoms with Gasteiger partial charge in [-0.05, 0) is 69.6 Å². The SMILES string of the molecule is CCN(CC)c1ccc(NC(=O)c2c(-c3c(Cl)cccc3Cl)noc2CCCCN)cc1. The van der Waals surface area contributed by atoms with Gasteiger partial charge in [0.05, 0.1) is 10.0 Å². The van der Waals surface area contributed by atoms with E-state index in [-0.39, 0.29) is 5.91 Å². The molecule has 3 N–H and O–H groups in total. The number of benzene rings is 2. The average molecular weight is 475 g/mol. The van der Waals surface area contributed by atoms with Crippen LogP contribution >= 0.6 is 23.2 Å². The molecule has 1 amide bonds. The largest absolute Gasteiger partial charge is 0.372 e. The number of halogens is 2. The molecule has 2 aromatic carbocycles. The third-order valence-corrected chi connectivity index (χ3v) is 5.93. The van der Waals surface area contributed by atoms with E-state index in [1.54, 1.807) is 18.2 Å². The van der Waals surface area contributed by atoms with Crippen molar-refractivity contribution in [2.75, 3.05) is 29.9 Å². The van der Waals surface area contributed by atoms with Crippen LogP contribution in [0.1, 0.15) is 42.8 Å². The zero-order valence-corrected chi connectivity index (χ0v) is 19.8. The highest BCUT2D eigenvalue weighted by atomic mass is 35.5. The molecular weight excluding hydrogens is 447 g/mol. The van der Waals surface area contributed by atoms with Crippen molar-refractivity contribution in [2.45, 2.75) is 33.1 Å². The van der Waals surface area contributed by atoms with E-state index < -0.39 is 0 Å². The Balaban J connectivity index is 1.93. The maximum atomic E-state index is 13.3. The van der Waals surface area contributed by atoms with Crippen LogP contribution in [0.2, 0.25) is 10.0 Å². The summed E-state index contributed by atoms with van der Waals surface area (Å²) in [5.41, 5.74) is 8.55. The Kier molecular flexibility index (Phi) is 8.56. The molecule has 1 heterocycles. The number of rotatable bonds is 10. The van der Waals surface area contributed by atoms with E-state index in [1.165, 1.54) is 0 Å². The van der Waals surface area contributed by atoms with Crippen molar-refractivity contribution in [3.8, 4) is 11.3 Å². The number of nitrogens with zero attached hydrogens (tertiary/aromatic N) is 2. The number of nitrogens with one attached hydrogen (secondary N) is 1. The Hall–Kier alpha value is -2.54. The van der Waals surface area contributed by atoms with Crippen LogP contribution in [0.15, 0.2) is 47.0 Å². The quantitative estimate of drug-likeness (QED) is 0.350. The number of hydrogen-bond acceptors (Lipinski definition) is 5. The van der Waals surface area contributed by atoms with Gasteiger partial charge in [-0.3, -0.25) is 4.79 Å². The molecule has 0 aliphatic rings. The van der Waals surface area contributed by atoms with E-state index in [1.807, 2.05) is 24.3 Å². The smallest absolute Gasteiger partial charge is 0.261 e. The minimum absolute atomic E-state index is 0.324. The first-order valence-electron chi connectivity index (χ1n) is 10.8. The molecule has 0 aliphatic heterocycles. The van der Waals surface area contributed by atoms with Crippen molar-refractivity contribution < 1.29 is 9.32 Å². The first-order valence-corrected chi connectivity index (χ1v) is 11.5. The minimum Gasteiger partial charge on any atom is -0.372 e. The van der Waals surface area contributed by atoms with Crippen LogP contribution in [0.5, 0.6) is 0 Å². The van der Waals surface area contributed by atoms with Crippen molar-refractivity contribution in [1.29, 1.82) is 0 Å². The summed E-state index contributed by atoms with van der Waals surface area (Å²) < 4.78 is 5.57. The molecule has 6 nitrogen and oxygen atoms in total. The van der Waals surface area contributed by atoms with E-state index in [4.69, 9.17) is 33.5 Å². The summed E-state index contributed by atoms with van der Waals surface area (Å²) in [5.74, 6) is 0.164. The van der Waals surface area contributed by atoms with Crippen molar-refractivity contribution in [1.82, 2.24) is 5.16 Å². The summed E-state index contributed by atoms with van der Waals surface area (Å²) in [6.07, 6.45) is 2.13. The number of carbonyl (C=O) groups is 1. The Bertz CT molecular complexity index is 1030. The van der Waals surface area contributed by atoms with Gasteiger partial charge in [0.2, 0.25) is 0 Å². The molecular formula is C24H28Cl2N4O2. The summed E-state index contributed by atoms with van der Waals surface area (Å²) in [5, 5.41) is 7.92. The molecule has 0 saturated carbocycles. The molecule has 170 valence electrons. The number of aromatic nitrogens is 1. The van der Waals surface area contributed by atoms with E-state index in [0.29, 0.717) is 51.3 Å². The number of nitrogens with two attached hydrogens (primary N) is 1. The fourth-order valence-corrected chi connectivity index (χ4v) is 4.17. The molecule has 3 rings (SSSR count). The van der Waals surface area contributed by atoms with Crippen LogP contribution in [0, 0.1) is 0 Å². The van der Waals surface area contributed by atoms with Gasteiger partial charge >= 0.3 is 0 Å². The highest BCUT2D eigenvalue weighted by Crippen LogP contribution is 2.37. The fourth-order valence-electron chi connectivity index (χ4n) is 3.59. The van der Waals surface area contributed by atoms with Crippen LogP contribution < -0.4 is 16.0 Å².